The van der Waals surface area contributed by atoms with E-state index in [0.29, 0.717) is 12.2 Å². The molecule has 2 N–H and O–H groups in total. The molecule has 2 aromatic rings. The fourth-order valence-electron chi connectivity index (χ4n) is 1.95. The highest BCUT2D eigenvalue weighted by Gasteiger charge is 2.17. The molecule has 2 aromatic carbocycles. The zero-order chi connectivity index (χ0) is 17.0. The van der Waals surface area contributed by atoms with Gasteiger partial charge >= 0.3 is 6.09 Å². The molecular weight excluding hydrogens is 324 g/mol. The number of anilines is 2. The summed E-state index contributed by atoms with van der Waals surface area (Å²) >= 11 is 0. The van der Waals surface area contributed by atoms with E-state index in [1.807, 2.05) is 5.32 Å². The molecule has 0 aliphatic carbocycles. The first-order valence-corrected chi connectivity index (χ1v) is 6.93. The Morgan fingerprint density at radius 1 is 1.30 bits per heavy atom. The van der Waals surface area contributed by atoms with Gasteiger partial charge in [0.25, 0.3) is 5.69 Å². The highest BCUT2D eigenvalue weighted by Crippen LogP contribution is 2.31. The summed E-state index contributed by atoms with van der Waals surface area (Å²) in [5, 5.41) is 21.8. The van der Waals surface area contributed by atoms with Crippen LogP contribution in [0.5, 0.6) is 0 Å². The minimum Gasteiger partial charge on any atom is -0.465 e. The van der Waals surface area contributed by atoms with Crippen LogP contribution in [0, 0.1) is 15.9 Å². The molecule has 0 radical (unpaired) electrons. The lowest BCUT2D eigenvalue weighted by molar-refractivity contribution is -0.383. The summed E-state index contributed by atoms with van der Waals surface area (Å²) in [6.45, 7) is 0.383. The van der Waals surface area contributed by atoms with Gasteiger partial charge in [-0.1, -0.05) is 12.1 Å². The first-order valence-electron chi connectivity index (χ1n) is 6.42. The van der Waals surface area contributed by atoms with Gasteiger partial charge < -0.3 is 9.78 Å². The van der Waals surface area contributed by atoms with Crippen LogP contribution in [-0.4, -0.2) is 16.1 Å². The van der Waals surface area contributed by atoms with Crippen LogP contribution in [0.4, 0.5) is 26.2 Å². The van der Waals surface area contributed by atoms with Crippen LogP contribution in [0.25, 0.3) is 0 Å². The number of benzene rings is 2. The van der Waals surface area contributed by atoms with Crippen molar-refractivity contribution in [2.24, 2.45) is 0 Å². The van der Waals surface area contributed by atoms with Crippen LogP contribution < -0.4 is 9.99 Å². The number of hydrogen-bond acceptors (Lipinski definition) is 4. The van der Waals surface area contributed by atoms with Crippen molar-refractivity contribution >= 4 is 32.5 Å². The van der Waals surface area contributed by atoms with E-state index in [0.717, 1.165) is 5.56 Å². The van der Waals surface area contributed by atoms with Crippen molar-refractivity contribution in [1.29, 1.82) is 0 Å². The van der Waals surface area contributed by atoms with E-state index >= 15 is 0 Å². The Balaban J connectivity index is 2.24. The average Bonchev–Trinajstić information content (AvgIpc) is 2.49. The van der Waals surface area contributed by atoms with Gasteiger partial charge in [0.2, 0.25) is 0 Å². The van der Waals surface area contributed by atoms with E-state index in [1.165, 1.54) is 24.3 Å². The SMILES string of the molecule is O=C(O)Nc1ccc(N(P)Cc2ccc(F)cc2)cc1[N+](=O)[O-]. The molecule has 0 aliphatic heterocycles. The number of carbonyl (C=O) groups is 1. The van der Waals surface area contributed by atoms with Gasteiger partial charge in [-0.2, -0.15) is 0 Å². The second kappa shape index (κ2) is 7.02. The molecule has 1 atom stereocenters. The predicted molar refractivity (Wildman–Crippen MR) is 87.0 cm³/mol. The quantitative estimate of drug-likeness (QED) is 0.493. The van der Waals surface area contributed by atoms with Crippen LogP contribution in [0.1, 0.15) is 5.56 Å². The van der Waals surface area contributed by atoms with Gasteiger partial charge in [-0.25, -0.2) is 9.18 Å². The van der Waals surface area contributed by atoms with Gasteiger partial charge in [0.05, 0.1) is 4.92 Å². The van der Waals surface area contributed by atoms with Crippen molar-refractivity contribution in [3.63, 3.8) is 0 Å². The Labute approximate surface area is 133 Å². The number of rotatable bonds is 5. The van der Waals surface area contributed by atoms with Crippen molar-refractivity contribution in [3.05, 3.63) is 64.0 Å². The number of halogens is 1. The molecule has 0 saturated heterocycles. The minimum absolute atomic E-state index is 0.105. The molecule has 0 bridgehead atoms. The number of nitrogens with zero attached hydrogens (tertiary/aromatic N) is 2. The number of carboxylic acid groups (broad SMARTS) is 1. The molecule has 9 heteroatoms. The summed E-state index contributed by atoms with van der Waals surface area (Å²) in [6.07, 6.45) is -1.38. The lowest BCUT2D eigenvalue weighted by Gasteiger charge is -2.19. The van der Waals surface area contributed by atoms with E-state index in [2.05, 4.69) is 9.39 Å². The third kappa shape index (κ3) is 4.37. The van der Waals surface area contributed by atoms with E-state index in [9.17, 15) is 19.3 Å². The molecule has 7 nitrogen and oxygen atoms in total. The molecule has 0 aliphatic rings. The summed E-state index contributed by atoms with van der Waals surface area (Å²) in [7, 11) is 2.42. The number of nitro benzene ring substituents is 1. The first-order chi connectivity index (χ1) is 10.9. The summed E-state index contributed by atoms with van der Waals surface area (Å²) < 4.78 is 14.5. The third-order valence-electron chi connectivity index (χ3n) is 3.02. The Morgan fingerprint density at radius 2 is 1.96 bits per heavy atom. The molecule has 1 amide bonds. The summed E-state index contributed by atoms with van der Waals surface area (Å²) in [4.78, 5) is 21.1. The predicted octanol–water partition coefficient (Wildman–Crippen LogP) is 3.62. The maximum Gasteiger partial charge on any atom is 0.409 e. The zero-order valence-electron chi connectivity index (χ0n) is 11.8. The summed E-state index contributed by atoms with van der Waals surface area (Å²) in [5.74, 6) is -0.344. The monoisotopic (exact) mass is 337 g/mol. The van der Waals surface area contributed by atoms with Gasteiger partial charge in [0, 0.05) is 18.3 Å². The van der Waals surface area contributed by atoms with Crippen molar-refractivity contribution in [3.8, 4) is 0 Å². The lowest BCUT2D eigenvalue weighted by Crippen LogP contribution is -2.12. The molecule has 0 spiro atoms. The molecule has 0 saturated carbocycles. The first kappa shape index (κ1) is 16.6. The molecule has 0 aromatic heterocycles. The third-order valence-corrected chi connectivity index (χ3v) is 3.50. The van der Waals surface area contributed by atoms with E-state index in [-0.39, 0.29) is 17.2 Å². The largest absolute Gasteiger partial charge is 0.465 e. The van der Waals surface area contributed by atoms with Crippen molar-refractivity contribution in [2.45, 2.75) is 6.54 Å². The van der Waals surface area contributed by atoms with Gasteiger partial charge in [-0.3, -0.25) is 15.4 Å². The van der Waals surface area contributed by atoms with E-state index in [1.54, 1.807) is 22.9 Å². The number of hydrogen-bond donors (Lipinski definition) is 2. The van der Waals surface area contributed by atoms with Crippen molar-refractivity contribution < 1.29 is 19.2 Å². The molecule has 1 unspecified atom stereocenters. The topological polar surface area (TPSA) is 95.7 Å². The maximum absolute atomic E-state index is 12.9. The summed E-state index contributed by atoms with van der Waals surface area (Å²) in [5.41, 5.74) is 0.863. The van der Waals surface area contributed by atoms with Crippen molar-refractivity contribution in [1.82, 2.24) is 0 Å². The Bertz CT molecular complexity index is 739. The highest BCUT2D eigenvalue weighted by atomic mass is 31.0. The zero-order valence-corrected chi connectivity index (χ0v) is 12.9. The lowest BCUT2D eigenvalue weighted by atomic mass is 10.2. The van der Waals surface area contributed by atoms with Crippen LogP contribution in [0.3, 0.4) is 0 Å². The summed E-state index contributed by atoms with van der Waals surface area (Å²) in [6, 6.07) is 10.0. The average molecular weight is 337 g/mol. The van der Waals surface area contributed by atoms with Gasteiger partial charge in [-0.05, 0) is 39.2 Å². The minimum atomic E-state index is -1.38. The molecule has 2 rings (SSSR count). The number of nitro groups is 1. The maximum atomic E-state index is 12.9. The number of amides is 1. The normalized spacial score (nSPS) is 10.2. The Hall–Kier alpha value is -2.73. The van der Waals surface area contributed by atoms with Gasteiger partial charge in [0.15, 0.2) is 0 Å². The van der Waals surface area contributed by atoms with Crippen LogP contribution in [-0.2, 0) is 6.54 Å². The van der Waals surface area contributed by atoms with Crippen LogP contribution in [0.2, 0.25) is 0 Å². The second-order valence-electron chi connectivity index (χ2n) is 4.64. The fourth-order valence-corrected chi connectivity index (χ4v) is 2.32. The van der Waals surface area contributed by atoms with Crippen LogP contribution >= 0.6 is 9.39 Å². The highest BCUT2D eigenvalue weighted by molar-refractivity contribution is 7.19. The number of nitrogens with one attached hydrogen (secondary N) is 1. The van der Waals surface area contributed by atoms with Gasteiger partial charge in [-0.15, -0.1) is 0 Å². The Kier molecular flexibility index (Phi) is 5.08. The fraction of sp³-hybridized carbons (Fsp3) is 0.0714. The van der Waals surface area contributed by atoms with Gasteiger partial charge in [0.1, 0.15) is 11.5 Å². The standard InChI is InChI=1S/C14H13FN3O4P/c15-10-3-1-9(2-4-10)8-17(23)11-5-6-12(16-14(19)20)13(7-11)18(21)22/h1-7,16H,8,23H2,(H,19,20). The molecule has 0 fully saturated rings. The molecule has 0 heterocycles. The smallest absolute Gasteiger partial charge is 0.409 e. The van der Waals surface area contributed by atoms with Crippen LogP contribution in [0.15, 0.2) is 42.5 Å². The molecule has 120 valence electrons. The van der Waals surface area contributed by atoms with E-state index < -0.39 is 11.0 Å². The molecular formula is C14H13FN3O4P. The molecule has 23 heavy (non-hydrogen) atoms. The van der Waals surface area contributed by atoms with Crippen molar-refractivity contribution in [2.75, 3.05) is 9.99 Å². The van der Waals surface area contributed by atoms with E-state index in [4.69, 9.17) is 5.11 Å². The Morgan fingerprint density at radius 3 is 2.52 bits per heavy atom. The second-order valence-corrected chi connectivity index (χ2v) is 5.27.